The van der Waals surface area contributed by atoms with Crippen LogP contribution in [0.3, 0.4) is 0 Å². The van der Waals surface area contributed by atoms with Crippen molar-refractivity contribution in [1.82, 2.24) is 24.5 Å². The molecule has 5 aromatic rings. The molecular weight excluding hydrogens is 478 g/mol. The summed E-state index contributed by atoms with van der Waals surface area (Å²) in [6.45, 7) is 1.83. The highest BCUT2D eigenvalue weighted by Gasteiger charge is 2.21. The second-order valence-corrected chi connectivity index (χ2v) is 8.48. The smallest absolute Gasteiger partial charge is 0.274 e. The van der Waals surface area contributed by atoms with E-state index in [1.807, 2.05) is 30.6 Å². The molecule has 4 heterocycles. The van der Waals surface area contributed by atoms with Gasteiger partial charge in [0.15, 0.2) is 0 Å². The Morgan fingerprint density at radius 2 is 2.06 bits per heavy atom. The monoisotopic (exact) mass is 496 g/mol. The number of aryl methyl sites for hydroxylation is 1. The van der Waals surface area contributed by atoms with Crippen LogP contribution in [0.1, 0.15) is 21.9 Å². The van der Waals surface area contributed by atoms with Crippen molar-refractivity contribution >= 4 is 28.6 Å². The highest BCUT2D eigenvalue weighted by Crippen LogP contribution is 2.25. The number of aliphatic hydroxyl groups excluding tert-OH is 1. The Labute approximate surface area is 201 Å². The molecule has 1 aromatic carbocycles. The van der Waals surface area contributed by atoms with Crippen LogP contribution in [0.2, 0.25) is 0 Å². The first-order valence-electron chi connectivity index (χ1n) is 10.5. The Hall–Kier alpha value is -4.03. The number of nitrogens with one attached hydrogen (secondary N) is 1. The molecule has 0 aliphatic carbocycles. The van der Waals surface area contributed by atoms with E-state index in [1.165, 1.54) is 17.5 Å². The molecule has 0 aliphatic rings. The van der Waals surface area contributed by atoms with Crippen LogP contribution < -0.4 is 5.32 Å². The standard InChI is InChI=1S/C23H18F2N6O3S/c1-12-2-3-13(22-29-20(34-30-22)7-18(32)21(24)25)6-15(12)28-23(33)17-8-26-19-5-4-14(9-31(17)19)16-10-35-11-27-16/h2-6,8-11,18,21,32H,7H2,1H3,(H,28,33). The summed E-state index contributed by atoms with van der Waals surface area (Å²) in [5.41, 5.74) is 6.17. The maximum absolute atomic E-state index is 13.1. The minimum absolute atomic E-state index is 0.111. The number of aromatic nitrogens is 5. The lowest BCUT2D eigenvalue weighted by Gasteiger charge is -2.10. The predicted molar refractivity (Wildman–Crippen MR) is 124 cm³/mol. The summed E-state index contributed by atoms with van der Waals surface area (Å²) in [4.78, 5) is 25.8. The lowest BCUT2D eigenvalue weighted by molar-refractivity contribution is -0.00754. The summed E-state index contributed by atoms with van der Waals surface area (Å²) < 4.78 is 31.8. The molecule has 1 unspecified atom stereocenters. The largest absolute Gasteiger partial charge is 0.387 e. The summed E-state index contributed by atoms with van der Waals surface area (Å²) in [5, 5.41) is 17.9. The van der Waals surface area contributed by atoms with Crippen molar-refractivity contribution in [3.63, 3.8) is 0 Å². The molecule has 0 saturated heterocycles. The number of benzene rings is 1. The molecule has 2 N–H and O–H groups in total. The number of thiazole rings is 1. The van der Waals surface area contributed by atoms with Gasteiger partial charge in [0.1, 0.15) is 17.4 Å². The highest BCUT2D eigenvalue weighted by atomic mass is 32.1. The number of hydrogen-bond donors (Lipinski definition) is 2. The van der Waals surface area contributed by atoms with Gasteiger partial charge in [0, 0.05) is 28.4 Å². The second-order valence-electron chi connectivity index (χ2n) is 7.76. The van der Waals surface area contributed by atoms with Crippen LogP contribution in [-0.4, -0.2) is 48.1 Å². The quantitative estimate of drug-likeness (QED) is 0.346. The van der Waals surface area contributed by atoms with Crippen LogP contribution in [0.25, 0.3) is 28.3 Å². The van der Waals surface area contributed by atoms with E-state index < -0.39 is 19.0 Å². The summed E-state index contributed by atoms with van der Waals surface area (Å²) in [5.74, 6) is -0.331. The Bertz CT molecular complexity index is 1500. The van der Waals surface area contributed by atoms with Gasteiger partial charge in [-0.25, -0.2) is 18.7 Å². The van der Waals surface area contributed by atoms with E-state index >= 15 is 0 Å². The number of aliphatic hydroxyl groups is 1. The molecular formula is C23H18F2N6O3S. The van der Waals surface area contributed by atoms with Gasteiger partial charge >= 0.3 is 0 Å². The molecule has 0 aliphatic heterocycles. The molecule has 0 bridgehead atoms. The first-order chi connectivity index (χ1) is 16.9. The highest BCUT2D eigenvalue weighted by molar-refractivity contribution is 7.07. The van der Waals surface area contributed by atoms with Crippen molar-refractivity contribution in [3.8, 4) is 22.6 Å². The van der Waals surface area contributed by atoms with Crippen LogP contribution in [-0.2, 0) is 6.42 Å². The number of pyridine rings is 1. The topological polar surface area (TPSA) is 118 Å². The molecule has 4 aromatic heterocycles. The van der Waals surface area contributed by atoms with Gasteiger partial charge in [-0.2, -0.15) is 4.98 Å². The van der Waals surface area contributed by atoms with E-state index in [9.17, 15) is 18.7 Å². The summed E-state index contributed by atoms with van der Waals surface area (Å²) in [7, 11) is 0. The van der Waals surface area contributed by atoms with Gasteiger partial charge in [0.05, 0.1) is 23.8 Å². The Morgan fingerprint density at radius 1 is 1.23 bits per heavy atom. The molecule has 1 atom stereocenters. The third-order valence-corrected chi connectivity index (χ3v) is 5.94. The number of amides is 1. The van der Waals surface area contributed by atoms with Crippen molar-refractivity contribution in [3.05, 3.63) is 70.8 Å². The Balaban J connectivity index is 1.40. The lowest BCUT2D eigenvalue weighted by atomic mass is 10.1. The predicted octanol–water partition coefficient (Wildman–Crippen LogP) is 4.24. The normalized spacial score (nSPS) is 12.4. The number of fused-ring (bicyclic) bond motifs is 1. The maximum atomic E-state index is 13.1. The Kier molecular flexibility index (Phi) is 6.05. The fourth-order valence-electron chi connectivity index (χ4n) is 3.46. The van der Waals surface area contributed by atoms with Gasteiger partial charge in [-0.3, -0.25) is 9.20 Å². The first kappa shape index (κ1) is 22.7. The van der Waals surface area contributed by atoms with Crippen molar-refractivity contribution in [2.24, 2.45) is 0 Å². The number of rotatable bonds is 7. The van der Waals surface area contributed by atoms with Gasteiger partial charge in [-0.15, -0.1) is 11.3 Å². The number of alkyl halides is 2. The molecule has 0 fully saturated rings. The van der Waals surface area contributed by atoms with Crippen molar-refractivity contribution in [2.45, 2.75) is 25.9 Å². The van der Waals surface area contributed by atoms with Crippen LogP contribution in [0.5, 0.6) is 0 Å². The second kappa shape index (κ2) is 9.31. The average Bonchev–Trinajstić information content (AvgIpc) is 3.61. The SMILES string of the molecule is Cc1ccc(-c2noc(CC(O)C(F)F)n2)cc1NC(=O)c1cnc2ccc(-c3cscn3)cn12. The zero-order chi connectivity index (χ0) is 24.5. The van der Waals surface area contributed by atoms with Crippen LogP contribution >= 0.6 is 11.3 Å². The molecule has 5 rings (SSSR count). The minimum atomic E-state index is -2.91. The van der Waals surface area contributed by atoms with Gasteiger partial charge in [0.2, 0.25) is 11.7 Å². The molecule has 12 heteroatoms. The van der Waals surface area contributed by atoms with Gasteiger partial charge in [-0.1, -0.05) is 17.3 Å². The number of anilines is 1. The number of carbonyl (C=O) groups is 1. The molecule has 0 radical (unpaired) electrons. The number of imidazole rings is 1. The maximum Gasteiger partial charge on any atom is 0.274 e. The van der Waals surface area contributed by atoms with Crippen LogP contribution in [0, 0.1) is 6.92 Å². The number of halogens is 2. The van der Waals surface area contributed by atoms with E-state index in [-0.39, 0.29) is 17.6 Å². The van der Waals surface area contributed by atoms with Crippen LogP contribution in [0.15, 0.2) is 58.1 Å². The van der Waals surface area contributed by atoms with E-state index in [0.29, 0.717) is 22.6 Å². The Morgan fingerprint density at radius 3 is 2.83 bits per heavy atom. The van der Waals surface area contributed by atoms with Gasteiger partial charge in [0.25, 0.3) is 12.3 Å². The van der Waals surface area contributed by atoms with Crippen molar-refractivity contribution < 1.29 is 23.2 Å². The number of nitrogens with zero attached hydrogens (tertiary/aromatic N) is 5. The molecule has 35 heavy (non-hydrogen) atoms. The first-order valence-corrected chi connectivity index (χ1v) is 11.4. The van der Waals surface area contributed by atoms with Gasteiger partial charge < -0.3 is 14.9 Å². The van der Waals surface area contributed by atoms with Crippen LogP contribution in [0.4, 0.5) is 14.5 Å². The molecule has 1 amide bonds. The lowest BCUT2D eigenvalue weighted by Crippen LogP contribution is -2.20. The summed E-state index contributed by atoms with van der Waals surface area (Å²) in [6.07, 6.45) is -1.96. The molecule has 178 valence electrons. The minimum Gasteiger partial charge on any atom is -0.387 e. The van der Waals surface area contributed by atoms with Crippen molar-refractivity contribution in [2.75, 3.05) is 5.32 Å². The van der Waals surface area contributed by atoms with Gasteiger partial charge in [-0.05, 0) is 30.7 Å². The van der Waals surface area contributed by atoms with Crippen molar-refractivity contribution in [1.29, 1.82) is 0 Å². The third-order valence-electron chi connectivity index (χ3n) is 5.35. The number of carbonyl (C=O) groups excluding carboxylic acids is 1. The fourth-order valence-corrected chi connectivity index (χ4v) is 4.02. The molecule has 9 nitrogen and oxygen atoms in total. The zero-order valence-corrected chi connectivity index (χ0v) is 19.0. The summed E-state index contributed by atoms with van der Waals surface area (Å²) >= 11 is 1.48. The average molecular weight is 496 g/mol. The van der Waals surface area contributed by atoms with E-state index in [0.717, 1.165) is 16.8 Å². The van der Waals surface area contributed by atoms with E-state index in [2.05, 4.69) is 25.4 Å². The number of hydrogen-bond acceptors (Lipinski definition) is 8. The fraction of sp³-hybridized carbons (Fsp3) is 0.174. The third kappa shape index (κ3) is 4.66. The molecule has 0 saturated carbocycles. The summed E-state index contributed by atoms with van der Waals surface area (Å²) in [6, 6.07) is 8.86. The van der Waals surface area contributed by atoms with E-state index in [1.54, 1.807) is 28.1 Å². The zero-order valence-electron chi connectivity index (χ0n) is 18.2. The van der Waals surface area contributed by atoms with E-state index in [4.69, 9.17) is 4.52 Å². The molecule has 0 spiro atoms.